The number of methoxy groups -OCH3 is 1. The Balaban J connectivity index is 1.64. The van der Waals surface area contributed by atoms with Crippen molar-refractivity contribution in [1.82, 2.24) is 14.7 Å². The second-order valence-electron chi connectivity index (χ2n) is 10.3. The molecule has 1 fully saturated rings. The van der Waals surface area contributed by atoms with Crippen molar-refractivity contribution in [3.05, 3.63) is 53.0 Å². The van der Waals surface area contributed by atoms with Crippen LogP contribution in [0.25, 0.3) is 10.8 Å². The number of aromatic nitrogens is 2. The Labute approximate surface area is 214 Å². The highest BCUT2D eigenvalue weighted by Crippen LogP contribution is 2.43. The molecule has 0 aliphatic heterocycles. The van der Waals surface area contributed by atoms with Crippen molar-refractivity contribution in [3.8, 4) is 5.88 Å². The molecule has 2 aliphatic rings. The zero-order chi connectivity index (χ0) is 26.5. The number of halogens is 1. The first-order valence-electron chi connectivity index (χ1n) is 12.1. The second kappa shape index (κ2) is 9.21. The molecule has 0 bridgehead atoms. The Kier molecular flexibility index (Phi) is 6.31. The Morgan fingerprint density at radius 1 is 1.22 bits per heavy atom. The summed E-state index contributed by atoms with van der Waals surface area (Å²) in [5, 5.41) is 13.9. The first kappa shape index (κ1) is 25.3. The van der Waals surface area contributed by atoms with E-state index in [0.717, 1.165) is 24.1 Å². The van der Waals surface area contributed by atoms with Gasteiger partial charge in [-0.15, -0.1) is 0 Å². The first-order chi connectivity index (χ1) is 17.4. The van der Waals surface area contributed by atoms with E-state index in [1.54, 1.807) is 30.5 Å². The lowest BCUT2D eigenvalue weighted by Crippen LogP contribution is -2.36. The van der Waals surface area contributed by atoms with Crippen LogP contribution in [-0.2, 0) is 22.9 Å². The smallest absolute Gasteiger partial charge is 0.355 e. The molecule has 2 aromatic heterocycles. The molecule has 0 spiro atoms. The zero-order valence-corrected chi connectivity index (χ0v) is 21.7. The van der Waals surface area contributed by atoms with E-state index in [1.807, 2.05) is 0 Å². The molecule has 2 heterocycles. The number of carboxylic acids is 1. The topological polar surface area (TPSA) is 131 Å². The molecule has 0 saturated heterocycles. The Morgan fingerprint density at radius 2 is 1.97 bits per heavy atom. The van der Waals surface area contributed by atoms with Crippen LogP contribution in [0.1, 0.15) is 59.9 Å². The third kappa shape index (κ3) is 5.24. The number of carbonyl (C=O) groups is 1. The average molecular weight is 529 g/mol. The molecule has 11 heteroatoms. The van der Waals surface area contributed by atoms with Crippen molar-refractivity contribution < 1.29 is 27.4 Å². The molecule has 0 radical (unpaired) electrons. The number of aromatic carboxylic acids is 1. The van der Waals surface area contributed by atoms with E-state index in [0.29, 0.717) is 35.4 Å². The maximum atomic E-state index is 14.3. The Bertz CT molecular complexity index is 1500. The van der Waals surface area contributed by atoms with Gasteiger partial charge in [0.2, 0.25) is 15.9 Å². The number of fused-ring (bicyclic) bond motifs is 2. The van der Waals surface area contributed by atoms with E-state index >= 15 is 0 Å². The Morgan fingerprint density at radius 3 is 2.62 bits per heavy atom. The van der Waals surface area contributed by atoms with Crippen LogP contribution in [0.15, 0.2) is 35.4 Å². The minimum absolute atomic E-state index is 0.00709. The van der Waals surface area contributed by atoms with Crippen LogP contribution in [0.5, 0.6) is 5.88 Å². The van der Waals surface area contributed by atoms with Crippen LogP contribution >= 0.6 is 0 Å². The lowest BCUT2D eigenvalue weighted by atomic mass is 10.00. The quantitative estimate of drug-likeness (QED) is 0.382. The molecule has 9 nitrogen and oxygen atoms in total. The lowest BCUT2D eigenvalue weighted by molar-refractivity contribution is 0.0692. The molecule has 196 valence electrons. The van der Waals surface area contributed by atoms with Gasteiger partial charge in [-0.25, -0.2) is 32.3 Å². The van der Waals surface area contributed by atoms with Crippen molar-refractivity contribution in [3.63, 3.8) is 0 Å². The molecular formula is C26H29FN4O5S. The normalized spacial score (nSPS) is 17.6. The molecule has 37 heavy (non-hydrogen) atoms. The van der Waals surface area contributed by atoms with Crippen molar-refractivity contribution >= 4 is 32.5 Å². The molecule has 1 atom stereocenters. The number of nitrogens with one attached hydrogen (secondary N) is 2. The number of ether oxygens (including phenoxy) is 1. The van der Waals surface area contributed by atoms with Gasteiger partial charge in [-0.05, 0) is 68.9 Å². The summed E-state index contributed by atoms with van der Waals surface area (Å²) in [4.78, 5) is 20.7. The van der Waals surface area contributed by atoms with Crippen molar-refractivity contribution in [2.24, 2.45) is 0 Å². The second-order valence-corrected chi connectivity index (χ2v) is 12.0. The van der Waals surface area contributed by atoms with Crippen molar-refractivity contribution in [2.45, 2.75) is 62.1 Å². The molecule has 0 amide bonds. The summed E-state index contributed by atoms with van der Waals surface area (Å²) in [6, 6.07) is 6.82. The summed E-state index contributed by atoms with van der Waals surface area (Å²) >= 11 is 0. The minimum Gasteiger partial charge on any atom is -0.481 e. The number of anilines is 1. The van der Waals surface area contributed by atoms with Gasteiger partial charge in [0.1, 0.15) is 5.67 Å². The standard InChI is InChI=1S/C26H29FN4O5S/c1-26(2,27)13-29-37(34,35)24-18-10-17(30-16-6-7-28-22(11-16)36-3)8-15(18)9-19-20(24)12-21(14-4-5-14)31-23(19)25(32)33/h6-7,9,11-12,14,17,29H,4-5,8,10,13H2,1-3H3,(H,28,30)(H,32,33). The third-order valence-corrected chi connectivity index (χ3v) is 8.21. The molecule has 1 saturated carbocycles. The monoisotopic (exact) mass is 528 g/mol. The number of benzene rings is 1. The minimum atomic E-state index is -4.19. The van der Waals surface area contributed by atoms with E-state index in [9.17, 15) is 22.7 Å². The zero-order valence-electron chi connectivity index (χ0n) is 20.8. The van der Waals surface area contributed by atoms with E-state index in [-0.39, 0.29) is 27.9 Å². The summed E-state index contributed by atoms with van der Waals surface area (Å²) in [6.45, 7) is 2.18. The van der Waals surface area contributed by atoms with Crippen LogP contribution in [0.2, 0.25) is 0 Å². The maximum absolute atomic E-state index is 14.3. The van der Waals surface area contributed by atoms with E-state index < -0.39 is 28.2 Å². The maximum Gasteiger partial charge on any atom is 0.355 e. The van der Waals surface area contributed by atoms with E-state index in [1.165, 1.54) is 21.0 Å². The number of sulfonamides is 1. The number of pyridine rings is 2. The van der Waals surface area contributed by atoms with Gasteiger partial charge in [0.05, 0.1) is 12.0 Å². The fourth-order valence-corrected chi connectivity index (χ4v) is 6.49. The highest BCUT2D eigenvalue weighted by Gasteiger charge is 2.35. The van der Waals surface area contributed by atoms with Crippen LogP contribution in [0, 0.1) is 0 Å². The lowest BCUT2D eigenvalue weighted by Gasteiger charge is -2.19. The van der Waals surface area contributed by atoms with Gasteiger partial charge in [0.15, 0.2) is 5.69 Å². The summed E-state index contributed by atoms with van der Waals surface area (Å²) in [6.07, 6.45) is 4.21. The van der Waals surface area contributed by atoms with Crippen LogP contribution in [0.4, 0.5) is 10.1 Å². The van der Waals surface area contributed by atoms with Crippen LogP contribution in [0.3, 0.4) is 0 Å². The molecular weight excluding hydrogens is 499 g/mol. The summed E-state index contributed by atoms with van der Waals surface area (Å²) < 4.78 is 49.3. The summed E-state index contributed by atoms with van der Waals surface area (Å²) in [5.74, 6) is -0.664. The van der Waals surface area contributed by atoms with E-state index in [4.69, 9.17) is 4.74 Å². The molecule has 2 aliphatic carbocycles. The SMILES string of the molecule is COc1cc(NC2Cc3cc4c(C(=O)O)nc(C5CC5)cc4c(S(=O)(=O)NCC(C)(C)F)c3C2)ccn1. The number of nitrogens with zero attached hydrogens (tertiary/aromatic N) is 2. The van der Waals surface area contributed by atoms with Crippen LogP contribution < -0.4 is 14.8 Å². The van der Waals surface area contributed by atoms with E-state index in [2.05, 4.69) is 20.0 Å². The van der Waals surface area contributed by atoms with Crippen molar-refractivity contribution in [2.75, 3.05) is 19.0 Å². The average Bonchev–Trinajstić information content (AvgIpc) is 3.61. The number of carboxylic acid groups (broad SMARTS) is 1. The number of alkyl halides is 1. The summed E-state index contributed by atoms with van der Waals surface area (Å²) in [7, 11) is -2.66. The largest absolute Gasteiger partial charge is 0.481 e. The van der Waals surface area contributed by atoms with Gasteiger partial charge in [-0.2, -0.15) is 0 Å². The fourth-order valence-electron chi connectivity index (χ4n) is 4.81. The van der Waals surface area contributed by atoms with Crippen LogP contribution in [-0.4, -0.2) is 54.8 Å². The molecule has 1 aromatic carbocycles. The van der Waals surface area contributed by atoms with Gasteiger partial charge in [-0.1, -0.05) is 0 Å². The fraction of sp³-hybridized carbons (Fsp3) is 0.423. The summed E-state index contributed by atoms with van der Waals surface area (Å²) in [5.41, 5.74) is 0.718. The van der Waals surface area contributed by atoms with Crippen molar-refractivity contribution in [1.29, 1.82) is 0 Å². The van der Waals surface area contributed by atoms with Gasteiger partial charge in [-0.3, -0.25) is 0 Å². The third-order valence-electron chi connectivity index (χ3n) is 6.68. The van der Waals surface area contributed by atoms with Gasteiger partial charge < -0.3 is 15.2 Å². The number of rotatable bonds is 9. The van der Waals surface area contributed by atoms with Gasteiger partial charge in [0.25, 0.3) is 0 Å². The predicted molar refractivity (Wildman–Crippen MR) is 137 cm³/mol. The number of hydrogen-bond donors (Lipinski definition) is 3. The highest BCUT2D eigenvalue weighted by molar-refractivity contribution is 7.89. The molecule has 5 rings (SSSR count). The molecule has 3 aromatic rings. The molecule has 1 unspecified atom stereocenters. The highest BCUT2D eigenvalue weighted by atomic mass is 32.2. The van der Waals surface area contributed by atoms with Gasteiger partial charge >= 0.3 is 5.97 Å². The molecule has 3 N–H and O–H groups in total. The number of hydrogen-bond acceptors (Lipinski definition) is 7. The Hall–Kier alpha value is -3.31. The van der Waals surface area contributed by atoms with Gasteiger partial charge in [0, 0.05) is 52.9 Å². The predicted octanol–water partition coefficient (Wildman–Crippen LogP) is 3.82. The first-order valence-corrected chi connectivity index (χ1v) is 13.6.